The SMILES string of the molecule is CCC(=O)N1CC[C@@H](c2cc3nc(C)c(CCC(=O)N[C@H](C)CC)c(C)n3n2)C1. The molecule has 0 saturated carbocycles. The number of hydrogen-bond donors (Lipinski definition) is 1. The Bertz CT molecular complexity index is 904. The maximum Gasteiger partial charge on any atom is 0.222 e. The van der Waals surface area contributed by atoms with E-state index in [0.717, 1.165) is 54.2 Å². The van der Waals surface area contributed by atoms with Crippen LogP contribution in [0.5, 0.6) is 0 Å². The molecule has 2 aromatic heterocycles. The summed E-state index contributed by atoms with van der Waals surface area (Å²) in [5.41, 5.74) is 4.91. The molecule has 158 valence electrons. The van der Waals surface area contributed by atoms with E-state index in [9.17, 15) is 9.59 Å². The lowest BCUT2D eigenvalue weighted by Gasteiger charge is -2.14. The first-order valence-corrected chi connectivity index (χ1v) is 10.8. The molecular formula is C22H33N5O2. The van der Waals surface area contributed by atoms with Gasteiger partial charge in [0.15, 0.2) is 5.65 Å². The molecule has 2 amide bonds. The molecule has 0 unspecified atom stereocenters. The molecule has 29 heavy (non-hydrogen) atoms. The molecular weight excluding hydrogens is 366 g/mol. The van der Waals surface area contributed by atoms with Gasteiger partial charge < -0.3 is 10.2 Å². The van der Waals surface area contributed by atoms with Gasteiger partial charge in [0.1, 0.15) is 0 Å². The second-order valence-corrected chi connectivity index (χ2v) is 8.16. The van der Waals surface area contributed by atoms with Gasteiger partial charge in [-0.15, -0.1) is 0 Å². The van der Waals surface area contributed by atoms with Gasteiger partial charge in [-0.3, -0.25) is 9.59 Å². The summed E-state index contributed by atoms with van der Waals surface area (Å²) in [6, 6.07) is 2.24. The smallest absolute Gasteiger partial charge is 0.222 e. The molecule has 1 saturated heterocycles. The standard InChI is InChI=1S/C22H33N5O2/c1-6-14(3)23-21(28)9-8-18-15(4)24-20-12-19(25-27(20)16(18)5)17-10-11-26(13-17)22(29)7-2/h12,14,17H,6-11,13H2,1-5H3,(H,23,28)/t14-,17-/m1/s1. The number of carbonyl (C=O) groups is 2. The lowest BCUT2D eigenvalue weighted by molar-refractivity contribution is -0.129. The third kappa shape index (κ3) is 4.60. The number of hydrogen-bond acceptors (Lipinski definition) is 4. The second kappa shape index (κ2) is 8.93. The minimum Gasteiger partial charge on any atom is -0.354 e. The number of aryl methyl sites for hydroxylation is 2. The Morgan fingerprint density at radius 3 is 2.76 bits per heavy atom. The second-order valence-electron chi connectivity index (χ2n) is 8.16. The number of carbonyl (C=O) groups excluding carboxylic acids is 2. The zero-order valence-electron chi connectivity index (χ0n) is 18.3. The largest absolute Gasteiger partial charge is 0.354 e. The van der Waals surface area contributed by atoms with Crippen molar-refractivity contribution in [2.75, 3.05) is 13.1 Å². The van der Waals surface area contributed by atoms with Crippen molar-refractivity contribution >= 4 is 17.5 Å². The fourth-order valence-electron chi connectivity index (χ4n) is 4.05. The number of nitrogens with zero attached hydrogens (tertiary/aromatic N) is 4. The van der Waals surface area contributed by atoms with Gasteiger partial charge in [0.2, 0.25) is 11.8 Å². The molecule has 3 rings (SSSR count). The fourth-order valence-corrected chi connectivity index (χ4v) is 4.05. The van der Waals surface area contributed by atoms with Crippen LogP contribution in [0.3, 0.4) is 0 Å². The summed E-state index contributed by atoms with van der Waals surface area (Å²) in [4.78, 5) is 30.8. The average molecular weight is 400 g/mol. The van der Waals surface area contributed by atoms with Crippen molar-refractivity contribution in [3.05, 3.63) is 28.7 Å². The highest BCUT2D eigenvalue weighted by atomic mass is 16.2. The summed E-state index contributed by atoms with van der Waals surface area (Å²) in [7, 11) is 0. The Hall–Kier alpha value is -2.44. The van der Waals surface area contributed by atoms with Crippen LogP contribution in [0.2, 0.25) is 0 Å². The molecule has 7 heteroatoms. The molecule has 3 heterocycles. The predicted molar refractivity (Wildman–Crippen MR) is 113 cm³/mol. The topological polar surface area (TPSA) is 79.6 Å². The highest BCUT2D eigenvalue weighted by Gasteiger charge is 2.28. The lowest BCUT2D eigenvalue weighted by atomic mass is 10.1. The summed E-state index contributed by atoms with van der Waals surface area (Å²) in [6.07, 6.45) is 3.52. The van der Waals surface area contributed by atoms with Crippen molar-refractivity contribution in [1.82, 2.24) is 24.8 Å². The molecule has 0 aliphatic carbocycles. The normalized spacial score (nSPS) is 17.7. The zero-order chi connectivity index (χ0) is 21.1. The van der Waals surface area contributed by atoms with Gasteiger partial charge in [-0.1, -0.05) is 13.8 Å². The summed E-state index contributed by atoms with van der Waals surface area (Å²) in [6.45, 7) is 11.6. The van der Waals surface area contributed by atoms with E-state index in [1.165, 1.54) is 0 Å². The minimum absolute atomic E-state index is 0.0750. The first kappa shape index (κ1) is 21.3. The van der Waals surface area contributed by atoms with Crippen LogP contribution in [-0.4, -0.2) is 50.4 Å². The van der Waals surface area contributed by atoms with E-state index in [0.29, 0.717) is 19.3 Å². The van der Waals surface area contributed by atoms with Gasteiger partial charge in [-0.25, -0.2) is 9.50 Å². The first-order chi connectivity index (χ1) is 13.8. The van der Waals surface area contributed by atoms with Crippen LogP contribution in [0.25, 0.3) is 5.65 Å². The van der Waals surface area contributed by atoms with Crippen LogP contribution in [-0.2, 0) is 16.0 Å². The van der Waals surface area contributed by atoms with E-state index in [2.05, 4.69) is 12.2 Å². The maximum atomic E-state index is 12.2. The monoisotopic (exact) mass is 399 g/mol. The third-order valence-electron chi connectivity index (χ3n) is 6.07. The summed E-state index contributed by atoms with van der Waals surface area (Å²) in [5.74, 6) is 0.544. The van der Waals surface area contributed by atoms with E-state index in [1.807, 2.05) is 43.2 Å². The van der Waals surface area contributed by atoms with Crippen LogP contribution < -0.4 is 5.32 Å². The average Bonchev–Trinajstić information content (AvgIpc) is 3.34. The zero-order valence-corrected chi connectivity index (χ0v) is 18.3. The van der Waals surface area contributed by atoms with Crippen LogP contribution in [0.15, 0.2) is 6.07 Å². The van der Waals surface area contributed by atoms with Crippen molar-refractivity contribution < 1.29 is 9.59 Å². The molecule has 1 N–H and O–H groups in total. The maximum absolute atomic E-state index is 12.2. The number of aromatic nitrogens is 3. The van der Waals surface area contributed by atoms with Crippen LogP contribution >= 0.6 is 0 Å². The van der Waals surface area contributed by atoms with Gasteiger partial charge in [-0.05, 0) is 45.6 Å². The van der Waals surface area contributed by atoms with Gasteiger partial charge in [0.25, 0.3) is 0 Å². The molecule has 2 atom stereocenters. The molecule has 0 spiro atoms. The Labute approximate surface area is 172 Å². The third-order valence-corrected chi connectivity index (χ3v) is 6.07. The lowest BCUT2D eigenvalue weighted by Crippen LogP contribution is -2.32. The van der Waals surface area contributed by atoms with Crippen LogP contribution in [0, 0.1) is 13.8 Å². The molecule has 1 aliphatic rings. The van der Waals surface area contributed by atoms with Gasteiger partial charge in [0.05, 0.1) is 5.69 Å². The first-order valence-electron chi connectivity index (χ1n) is 10.8. The molecule has 0 aromatic carbocycles. The van der Waals surface area contributed by atoms with E-state index in [1.54, 1.807) is 0 Å². The van der Waals surface area contributed by atoms with E-state index in [-0.39, 0.29) is 23.8 Å². The quantitative estimate of drug-likeness (QED) is 0.776. The molecule has 7 nitrogen and oxygen atoms in total. The van der Waals surface area contributed by atoms with E-state index in [4.69, 9.17) is 10.1 Å². The molecule has 2 aromatic rings. The number of nitrogens with one attached hydrogen (secondary N) is 1. The Kier molecular flexibility index (Phi) is 6.55. The highest BCUT2D eigenvalue weighted by molar-refractivity contribution is 5.76. The van der Waals surface area contributed by atoms with Crippen molar-refractivity contribution in [3.8, 4) is 0 Å². The number of fused-ring (bicyclic) bond motifs is 1. The van der Waals surface area contributed by atoms with Gasteiger partial charge >= 0.3 is 0 Å². The minimum atomic E-state index is 0.0750. The fraction of sp³-hybridized carbons (Fsp3) is 0.636. The Morgan fingerprint density at radius 2 is 2.07 bits per heavy atom. The molecule has 1 fully saturated rings. The van der Waals surface area contributed by atoms with Crippen LogP contribution in [0.1, 0.15) is 75.0 Å². The molecule has 0 bridgehead atoms. The van der Waals surface area contributed by atoms with E-state index >= 15 is 0 Å². The van der Waals surface area contributed by atoms with Crippen molar-refractivity contribution in [2.24, 2.45) is 0 Å². The van der Waals surface area contributed by atoms with Gasteiger partial charge in [0, 0.05) is 55.3 Å². The highest BCUT2D eigenvalue weighted by Crippen LogP contribution is 2.28. The summed E-state index contributed by atoms with van der Waals surface area (Å²) < 4.78 is 1.90. The Morgan fingerprint density at radius 1 is 1.31 bits per heavy atom. The van der Waals surface area contributed by atoms with Crippen molar-refractivity contribution in [1.29, 1.82) is 0 Å². The predicted octanol–water partition coefficient (Wildman–Crippen LogP) is 2.92. The number of rotatable bonds is 7. The number of likely N-dealkylation sites (tertiary alicyclic amines) is 1. The van der Waals surface area contributed by atoms with Crippen LogP contribution in [0.4, 0.5) is 0 Å². The van der Waals surface area contributed by atoms with Gasteiger partial charge in [-0.2, -0.15) is 5.10 Å². The summed E-state index contributed by atoms with van der Waals surface area (Å²) in [5, 5.41) is 7.84. The molecule has 0 radical (unpaired) electrons. The number of amides is 2. The van der Waals surface area contributed by atoms with Crippen molar-refractivity contribution in [2.45, 2.75) is 78.7 Å². The van der Waals surface area contributed by atoms with E-state index < -0.39 is 0 Å². The van der Waals surface area contributed by atoms with Crippen molar-refractivity contribution in [3.63, 3.8) is 0 Å². The summed E-state index contributed by atoms with van der Waals surface area (Å²) >= 11 is 0. The molecule has 1 aliphatic heterocycles. The Balaban J connectivity index is 1.77.